The van der Waals surface area contributed by atoms with Gasteiger partial charge < -0.3 is 21.1 Å². The fourth-order valence-corrected chi connectivity index (χ4v) is 2.92. The molecule has 30 heavy (non-hydrogen) atoms. The number of anilines is 2. The molecule has 0 atom stereocenters. The van der Waals surface area contributed by atoms with Gasteiger partial charge in [0.15, 0.2) is 0 Å². The lowest BCUT2D eigenvalue weighted by Gasteiger charge is -2.10. The van der Waals surface area contributed by atoms with Crippen molar-refractivity contribution in [2.24, 2.45) is 5.73 Å². The van der Waals surface area contributed by atoms with Gasteiger partial charge in [0.2, 0.25) is 11.8 Å². The Bertz CT molecular complexity index is 973. The maximum absolute atomic E-state index is 12.1. The van der Waals surface area contributed by atoms with Gasteiger partial charge in [0, 0.05) is 16.9 Å². The number of benzene rings is 3. The van der Waals surface area contributed by atoms with Crippen LogP contribution in [0.2, 0.25) is 0 Å². The Hall–Kier alpha value is -3.80. The van der Waals surface area contributed by atoms with E-state index < -0.39 is 5.91 Å². The van der Waals surface area contributed by atoms with Crippen molar-refractivity contribution in [1.29, 1.82) is 0 Å². The van der Waals surface area contributed by atoms with E-state index in [1.54, 1.807) is 36.4 Å². The van der Waals surface area contributed by atoms with Crippen LogP contribution in [0, 0.1) is 0 Å². The van der Waals surface area contributed by atoms with E-state index in [0.29, 0.717) is 23.5 Å². The van der Waals surface area contributed by atoms with Crippen molar-refractivity contribution in [3.63, 3.8) is 0 Å². The van der Waals surface area contributed by atoms with E-state index in [2.05, 4.69) is 22.8 Å². The second kappa shape index (κ2) is 10.7. The van der Waals surface area contributed by atoms with Crippen molar-refractivity contribution in [1.82, 2.24) is 0 Å². The zero-order chi connectivity index (χ0) is 21.2. The van der Waals surface area contributed by atoms with Crippen molar-refractivity contribution >= 4 is 23.2 Å². The normalized spacial score (nSPS) is 10.3. The summed E-state index contributed by atoms with van der Waals surface area (Å²) in [5.41, 5.74) is 8.29. The van der Waals surface area contributed by atoms with Gasteiger partial charge in [-0.1, -0.05) is 36.4 Å². The third-order valence-electron chi connectivity index (χ3n) is 4.46. The molecule has 154 valence electrons. The number of amides is 2. The number of primary amides is 1. The number of carbonyl (C=O) groups is 2. The maximum Gasteiger partial charge on any atom is 0.248 e. The van der Waals surface area contributed by atoms with Crippen LogP contribution >= 0.6 is 0 Å². The summed E-state index contributed by atoms with van der Waals surface area (Å²) in [6.07, 6.45) is 1.91. The summed E-state index contributed by atoms with van der Waals surface area (Å²) in [4.78, 5) is 23.4. The minimum Gasteiger partial charge on any atom is -0.494 e. The molecule has 6 nitrogen and oxygen atoms in total. The predicted molar refractivity (Wildman–Crippen MR) is 119 cm³/mol. The highest BCUT2D eigenvalue weighted by molar-refractivity contribution is 5.95. The Morgan fingerprint density at radius 2 is 1.63 bits per heavy atom. The van der Waals surface area contributed by atoms with E-state index in [1.165, 1.54) is 5.56 Å². The molecular weight excluding hydrogens is 378 g/mol. The highest BCUT2D eigenvalue weighted by Gasteiger charge is 2.05. The van der Waals surface area contributed by atoms with E-state index in [4.69, 9.17) is 10.5 Å². The molecule has 2 amide bonds. The van der Waals surface area contributed by atoms with Crippen molar-refractivity contribution < 1.29 is 14.3 Å². The third-order valence-corrected chi connectivity index (χ3v) is 4.46. The first-order valence-corrected chi connectivity index (χ1v) is 9.80. The number of carbonyl (C=O) groups excluding carboxylic acids is 2. The molecule has 6 heteroatoms. The first-order chi connectivity index (χ1) is 14.6. The zero-order valence-electron chi connectivity index (χ0n) is 16.6. The van der Waals surface area contributed by atoms with Gasteiger partial charge in [-0.05, 0) is 60.9 Å². The number of hydrogen-bond donors (Lipinski definition) is 3. The second-order valence-corrected chi connectivity index (χ2v) is 6.81. The average molecular weight is 403 g/mol. The number of hydrogen-bond acceptors (Lipinski definition) is 4. The molecule has 0 saturated carbocycles. The molecule has 0 aliphatic heterocycles. The zero-order valence-corrected chi connectivity index (χ0v) is 16.6. The topological polar surface area (TPSA) is 93.5 Å². The van der Waals surface area contributed by atoms with Crippen LogP contribution in [0.25, 0.3) is 0 Å². The standard InChI is InChI=1S/C24H25N3O3/c25-24(29)19-9-4-10-21(16-19)26-17-23(28)27-20-11-13-22(14-12-20)30-15-5-8-18-6-2-1-3-7-18/h1-4,6-7,9-14,16,26H,5,8,15,17H2,(H2,25,29)(H,27,28). The Morgan fingerprint density at radius 1 is 0.867 bits per heavy atom. The average Bonchev–Trinajstić information content (AvgIpc) is 2.77. The van der Waals surface area contributed by atoms with E-state index in [9.17, 15) is 9.59 Å². The van der Waals surface area contributed by atoms with Crippen LogP contribution < -0.4 is 21.1 Å². The van der Waals surface area contributed by atoms with Gasteiger partial charge in [0.05, 0.1) is 13.2 Å². The maximum atomic E-state index is 12.1. The minimum absolute atomic E-state index is 0.0694. The summed E-state index contributed by atoms with van der Waals surface area (Å²) in [6.45, 7) is 0.703. The van der Waals surface area contributed by atoms with Crippen molar-refractivity contribution in [3.8, 4) is 5.75 Å². The lowest BCUT2D eigenvalue weighted by Crippen LogP contribution is -2.22. The van der Waals surface area contributed by atoms with Gasteiger partial charge in [0.25, 0.3) is 0 Å². The quantitative estimate of drug-likeness (QED) is 0.448. The van der Waals surface area contributed by atoms with Gasteiger partial charge in [-0.3, -0.25) is 9.59 Å². The van der Waals surface area contributed by atoms with Gasteiger partial charge in [-0.15, -0.1) is 0 Å². The van der Waals surface area contributed by atoms with Gasteiger partial charge >= 0.3 is 0 Å². The Morgan fingerprint density at radius 3 is 2.37 bits per heavy atom. The van der Waals surface area contributed by atoms with Crippen LogP contribution in [0.5, 0.6) is 5.75 Å². The van der Waals surface area contributed by atoms with E-state index >= 15 is 0 Å². The Balaban J connectivity index is 1.39. The van der Waals surface area contributed by atoms with Crippen LogP contribution in [-0.4, -0.2) is 25.0 Å². The minimum atomic E-state index is -0.509. The fraction of sp³-hybridized carbons (Fsp3) is 0.167. The second-order valence-electron chi connectivity index (χ2n) is 6.81. The molecule has 0 unspecified atom stereocenters. The molecule has 0 fully saturated rings. The largest absolute Gasteiger partial charge is 0.494 e. The van der Waals surface area contributed by atoms with Crippen LogP contribution in [0.15, 0.2) is 78.9 Å². The van der Waals surface area contributed by atoms with Crippen LogP contribution in [-0.2, 0) is 11.2 Å². The molecule has 3 rings (SSSR count). The lowest BCUT2D eigenvalue weighted by atomic mass is 10.1. The van der Waals surface area contributed by atoms with Gasteiger partial charge in [-0.25, -0.2) is 0 Å². The van der Waals surface area contributed by atoms with Crippen molar-refractivity contribution in [2.75, 3.05) is 23.8 Å². The first kappa shape index (κ1) is 20.9. The summed E-state index contributed by atoms with van der Waals surface area (Å²) in [5.74, 6) is 0.0592. The van der Waals surface area contributed by atoms with Crippen LogP contribution in [0.4, 0.5) is 11.4 Å². The molecule has 0 bridgehead atoms. The van der Waals surface area contributed by atoms with E-state index in [0.717, 1.165) is 18.6 Å². The van der Waals surface area contributed by atoms with Crippen LogP contribution in [0.3, 0.4) is 0 Å². The SMILES string of the molecule is NC(=O)c1cccc(NCC(=O)Nc2ccc(OCCCc3ccccc3)cc2)c1. The number of rotatable bonds is 10. The highest BCUT2D eigenvalue weighted by Crippen LogP contribution is 2.16. The van der Waals surface area contributed by atoms with Gasteiger partial charge in [-0.2, -0.15) is 0 Å². The number of aryl methyl sites for hydroxylation is 1. The molecule has 0 spiro atoms. The third kappa shape index (κ3) is 6.67. The Kier molecular flexibility index (Phi) is 7.44. The Labute approximate surface area is 176 Å². The molecule has 0 aromatic heterocycles. The first-order valence-electron chi connectivity index (χ1n) is 9.80. The summed E-state index contributed by atoms with van der Waals surface area (Å²) in [5, 5.41) is 5.79. The van der Waals surface area contributed by atoms with Gasteiger partial charge in [0.1, 0.15) is 5.75 Å². The molecule has 0 aliphatic rings. The monoisotopic (exact) mass is 403 g/mol. The molecular formula is C24H25N3O3. The molecule has 4 N–H and O–H groups in total. The van der Waals surface area contributed by atoms with E-state index in [1.807, 2.05) is 30.3 Å². The lowest BCUT2D eigenvalue weighted by molar-refractivity contribution is -0.114. The number of ether oxygens (including phenoxy) is 1. The molecule has 0 saturated heterocycles. The fourth-order valence-electron chi connectivity index (χ4n) is 2.92. The summed E-state index contributed by atoms with van der Waals surface area (Å²) in [6, 6.07) is 24.3. The molecule has 0 heterocycles. The number of nitrogens with two attached hydrogens (primary N) is 1. The summed E-state index contributed by atoms with van der Waals surface area (Å²) in [7, 11) is 0. The van der Waals surface area contributed by atoms with Crippen molar-refractivity contribution in [3.05, 3.63) is 90.0 Å². The van der Waals surface area contributed by atoms with Crippen LogP contribution in [0.1, 0.15) is 22.3 Å². The molecule has 3 aromatic carbocycles. The summed E-state index contributed by atoms with van der Waals surface area (Å²) >= 11 is 0. The highest BCUT2D eigenvalue weighted by atomic mass is 16.5. The molecule has 3 aromatic rings. The summed E-state index contributed by atoms with van der Waals surface area (Å²) < 4.78 is 5.76. The smallest absolute Gasteiger partial charge is 0.248 e. The molecule has 0 aliphatic carbocycles. The molecule has 0 radical (unpaired) electrons. The predicted octanol–water partition coefficient (Wildman–Crippen LogP) is 3.85. The van der Waals surface area contributed by atoms with Crippen molar-refractivity contribution in [2.45, 2.75) is 12.8 Å². The number of nitrogens with one attached hydrogen (secondary N) is 2. The van der Waals surface area contributed by atoms with E-state index in [-0.39, 0.29) is 12.5 Å².